The number of hydrogen-bond donors (Lipinski definition) is 1. The minimum Gasteiger partial charge on any atom is -0.390 e. The fraction of sp³-hybridized carbons (Fsp3) is 1.00. The van der Waals surface area contributed by atoms with E-state index >= 15 is 0 Å². The molecule has 13 heavy (non-hydrogen) atoms. The van der Waals surface area contributed by atoms with Gasteiger partial charge in [-0.25, -0.2) is 0 Å². The molecule has 0 aromatic carbocycles. The maximum absolute atomic E-state index is 9.82. The Hall–Kier alpha value is -0.120. The molecule has 0 aliphatic carbocycles. The van der Waals surface area contributed by atoms with Crippen molar-refractivity contribution in [3.05, 3.63) is 0 Å². The number of aliphatic hydroxyl groups excluding tert-OH is 1. The van der Waals surface area contributed by atoms with E-state index in [0.29, 0.717) is 6.61 Å². The summed E-state index contributed by atoms with van der Waals surface area (Å²) in [6.07, 6.45) is 1.28. The van der Waals surface area contributed by atoms with E-state index in [1.165, 1.54) is 0 Å². The van der Waals surface area contributed by atoms with Gasteiger partial charge in [-0.15, -0.1) is 0 Å². The van der Waals surface area contributed by atoms with Crippen LogP contribution in [0.1, 0.15) is 26.7 Å². The van der Waals surface area contributed by atoms with Gasteiger partial charge in [-0.1, -0.05) is 13.8 Å². The lowest BCUT2D eigenvalue weighted by molar-refractivity contribution is -0.0443. The topological polar surface area (TPSA) is 38.7 Å². The van der Waals surface area contributed by atoms with Crippen molar-refractivity contribution in [3.8, 4) is 0 Å². The van der Waals surface area contributed by atoms with E-state index in [0.717, 1.165) is 12.8 Å². The predicted octanol–water partition coefficient (Wildman–Crippen LogP) is 1.44. The normalized spacial score (nSPS) is 18.2. The van der Waals surface area contributed by atoms with Crippen molar-refractivity contribution in [2.45, 2.75) is 38.9 Å². The fourth-order valence-corrected chi connectivity index (χ4v) is 1.39. The summed E-state index contributed by atoms with van der Waals surface area (Å²) in [6, 6.07) is 0. The lowest BCUT2D eigenvalue weighted by Gasteiger charge is -2.25. The molecule has 3 nitrogen and oxygen atoms in total. The number of ether oxygens (including phenoxy) is 2. The van der Waals surface area contributed by atoms with Gasteiger partial charge in [-0.2, -0.15) is 0 Å². The quantitative estimate of drug-likeness (QED) is 0.660. The molecule has 0 amide bonds. The third-order valence-corrected chi connectivity index (χ3v) is 2.45. The Morgan fingerprint density at radius 1 is 1.31 bits per heavy atom. The van der Waals surface area contributed by atoms with Crippen LogP contribution in [0.25, 0.3) is 0 Å². The standard InChI is InChI=1S/C10H22O3/c1-5-9(13-4)10(11)8(2)6-7-12-3/h8-11H,5-7H2,1-4H3. The smallest absolute Gasteiger partial charge is 0.0830 e. The van der Waals surface area contributed by atoms with Gasteiger partial charge in [-0.3, -0.25) is 0 Å². The molecule has 0 aliphatic heterocycles. The highest BCUT2D eigenvalue weighted by atomic mass is 16.5. The molecular formula is C10H22O3. The molecule has 0 spiro atoms. The van der Waals surface area contributed by atoms with Gasteiger partial charge in [0, 0.05) is 20.8 Å². The molecule has 1 N–H and O–H groups in total. The highest BCUT2D eigenvalue weighted by Crippen LogP contribution is 2.15. The second-order valence-electron chi connectivity index (χ2n) is 3.43. The number of methoxy groups -OCH3 is 2. The van der Waals surface area contributed by atoms with Crippen LogP contribution in [-0.2, 0) is 9.47 Å². The summed E-state index contributed by atoms with van der Waals surface area (Å²) in [7, 11) is 3.31. The third kappa shape index (κ3) is 4.60. The molecular weight excluding hydrogens is 168 g/mol. The lowest BCUT2D eigenvalue weighted by atomic mass is 9.95. The molecule has 0 aromatic heterocycles. The molecule has 0 saturated carbocycles. The maximum atomic E-state index is 9.82. The number of aliphatic hydroxyl groups is 1. The van der Waals surface area contributed by atoms with Crippen LogP contribution in [0.15, 0.2) is 0 Å². The van der Waals surface area contributed by atoms with Crippen LogP contribution in [-0.4, -0.2) is 38.1 Å². The minimum atomic E-state index is -0.384. The van der Waals surface area contributed by atoms with E-state index in [-0.39, 0.29) is 18.1 Å². The van der Waals surface area contributed by atoms with E-state index < -0.39 is 0 Å². The van der Waals surface area contributed by atoms with Gasteiger partial charge in [0.25, 0.3) is 0 Å². The van der Waals surface area contributed by atoms with Crippen LogP contribution in [0.3, 0.4) is 0 Å². The molecule has 0 heterocycles. The summed E-state index contributed by atoms with van der Waals surface area (Å²) < 4.78 is 10.1. The molecule has 0 rings (SSSR count). The Balaban J connectivity index is 3.83. The van der Waals surface area contributed by atoms with Crippen LogP contribution in [0.5, 0.6) is 0 Å². The largest absolute Gasteiger partial charge is 0.390 e. The van der Waals surface area contributed by atoms with Crippen molar-refractivity contribution in [3.63, 3.8) is 0 Å². The Labute approximate surface area is 81.0 Å². The van der Waals surface area contributed by atoms with E-state index in [1.54, 1.807) is 14.2 Å². The second-order valence-corrected chi connectivity index (χ2v) is 3.43. The molecule has 3 heteroatoms. The van der Waals surface area contributed by atoms with Crippen LogP contribution >= 0.6 is 0 Å². The molecule has 3 atom stereocenters. The molecule has 0 radical (unpaired) electrons. The van der Waals surface area contributed by atoms with Crippen LogP contribution < -0.4 is 0 Å². The van der Waals surface area contributed by atoms with Gasteiger partial charge >= 0.3 is 0 Å². The monoisotopic (exact) mass is 190 g/mol. The lowest BCUT2D eigenvalue weighted by Crippen LogP contribution is -2.33. The first-order valence-electron chi connectivity index (χ1n) is 4.87. The van der Waals surface area contributed by atoms with Gasteiger partial charge in [-0.05, 0) is 18.8 Å². The van der Waals surface area contributed by atoms with Crippen molar-refractivity contribution < 1.29 is 14.6 Å². The Morgan fingerprint density at radius 2 is 1.92 bits per heavy atom. The van der Waals surface area contributed by atoms with Gasteiger partial charge < -0.3 is 14.6 Å². The highest BCUT2D eigenvalue weighted by molar-refractivity contribution is 4.72. The summed E-state index contributed by atoms with van der Waals surface area (Å²) >= 11 is 0. The first-order valence-corrected chi connectivity index (χ1v) is 4.87. The second kappa shape index (κ2) is 7.30. The first-order chi connectivity index (χ1) is 6.17. The van der Waals surface area contributed by atoms with Crippen molar-refractivity contribution in [1.82, 2.24) is 0 Å². The van der Waals surface area contributed by atoms with Crippen molar-refractivity contribution in [2.24, 2.45) is 5.92 Å². The van der Waals surface area contributed by atoms with E-state index in [4.69, 9.17) is 9.47 Å². The Morgan fingerprint density at radius 3 is 2.31 bits per heavy atom. The number of rotatable bonds is 7. The van der Waals surface area contributed by atoms with Gasteiger partial charge in [0.15, 0.2) is 0 Å². The summed E-state index contributed by atoms with van der Waals surface area (Å²) in [4.78, 5) is 0. The zero-order chi connectivity index (χ0) is 10.3. The zero-order valence-electron chi connectivity index (χ0n) is 9.12. The fourth-order valence-electron chi connectivity index (χ4n) is 1.39. The molecule has 80 valence electrons. The Bertz CT molecular complexity index is 113. The summed E-state index contributed by atoms with van der Waals surface area (Å²) in [5, 5.41) is 9.82. The molecule has 0 bridgehead atoms. The average Bonchev–Trinajstić information content (AvgIpc) is 2.15. The van der Waals surface area contributed by atoms with Gasteiger partial charge in [0.2, 0.25) is 0 Å². The Kier molecular flexibility index (Phi) is 7.23. The first kappa shape index (κ1) is 12.9. The van der Waals surface area contributed by atoms with Crippen molar-refractivity contribution >= 4 is 0 Å². The van der Waals surface area contributed by atoms with Crippen LogP contribution in [0.2, 0.25) is 0 Å². The summed E-state index contributed by atoms with van der Waals surface area (Å²) in [5.74, 6) is 0.227. The van der Waals surface area contributed by atoms with Crippen molar-refractivity contribution in [1.29, 1.82) is 0 Å². The maximum Gasteiger partial charge on any atom is 0.0830 e. The van der Waals surface area contributed by atoms with E-state index in [9.17, 15) is 5.11 Å². The van der Waals surface area contributed by atoms with Gasteiger partial charge in [0.05, 0.1) is 12.2 Å². The van der Waals surface area contributed by atoms with Crippen LogP contribution in [0.4, 0.5) is 0 Å². The summed E-state index contributed by atoms with van der Waals surface area (Å²) in [5.41, 5.74) is 0. The highest BCUT2D eigenvalue weighted by Gasteiger charge is 2.22. The molecule has 3 unspecified atom stereocenters. The van der Waals surface area contributed by atoms with Crippen molar-refractivity contribution in [2.75, 3.05) is 20.8 Å². The molecule has 0 fully saturated rings. The van der Waals surface area contributed by atoms with Gasteiger partial charge in [0.1, 0.15) is 0 Å². The van der Waals surface area contributed by atoms with E-state index in [2.05, 4.69) is 0 Å². The number of hydrogen-bond acceptors (Lipinski definition) is 3. The predicted molar refractivity (Wildman–Crippen MR) is 52.8 cm³/mol. The zero-order valence-corrected chi connectivity index (χ0v) is 9.12. The summed E-state index contributed by atoms with van der Waals surface area (Å²) in [6.45, 7) is 4.73. The SMILES string of the molecule is CCC(OC)C(O)C(C)CCOC. The average molecular weight is 190 g/mol. The van der Waals surface area contributed by atoms with E-state index in [1.807, 2.05) is 13.8 Å². The third-order valence-electron chi connectivity index (χ3n) is 2.45. The molecule has 0 aromatic rings. The minimum absolute atomic E-state index is 0.0492. The molecule has 0 aliphatic rings. The van der Waals surface area contributed by atoms with Crippen LogP contribution in [0, 0.1) is 5.92 Å². The molecule has 0 saturated heterocycles.